The second-order valence-electron chi connectivity index (χ2n) is 8.06. The molecule has 5 rings (SSSR count). The number of fused-ring (bicyclic) bond motifs is 1. The second kappa shape index (κ2) is 7.72. The number of aryl methyl sites for hydroxylation is 1. The van der Waals surface area contributed by atoms with Crippen LogP contribution in [0, 0.1) is 5.82 Å². The maximum Gasteiger partial charge on any atom is 0.160 e. The molecule has 7 heteroatoms. The fourth-order valence-corrected chi connectivity index (χ4v) is 4.59. The molecule has 6 nitrogen and oxygen atoms in total. The third-order valence-electron chi connectivity index (χ3n) is 6.20. The highest BCUT2D eigenvalue weighted by Gasteiger charge is 2.36. The van der Waals surface area contributed by atoms with Gasteiger partial charge in [-0.3, -0.25) is 4.68 Å². The van der Waals surface area contributed by atoms with E-state index in [1.807, 2.05) is 18.5 Å². The smallest absolute Gasteiger partial charge is 0.160 e. The van der Waals surface area contributed by atoms with Gasteiger partial charge in [0.1, 0.15) is 11.5 Å². The number of aromatic nitrogens is 4. The summed E-state index contributed by atoms with van der Waals surface area (Å²) in [6.07, 6.45) is 6.63. The van der Waals surface area contributed by atoms with Crippen molar-refractivity contribution in [1.29, 1.82) is 0 Å². The highest BCUT2D eigenvalue weighted by atomic mass is 19.1. The van der Waals surface area contributed by atoms with Gasteiger partial charge in [-0.25, -0.2) is 9.37 Å². The van der Waals surface area contributed by atoms with Crippen molar-refractivity contribution in [2.24, 2.45) is 0 Å². The third kappa shape index (κ3) is 3.60. The zero-order chi connectivity index (χ0) is 19.7. The molecule has 1 N–H and O–H groups in total. The molecule has 1 fully saturated rings. The van der Waals surface area contributed by atoms with E-state index in [0.29, 0.717) is 13.2 Å². The Labute approximate surface area is 169 Å². The van der Waals surface area contributed by atoms with Crippen molar-refractivity contribution in [1.82, 2.24) is 24.6 Å². The Morgan fingerprint density at radius 3 is 2.97 bits per heavy atom. The number of nitrogens with zero attached hydrogens (tertiary/aromatic N) is 4. The van der Waals surface area contributed by atoms with Crippen LogP contribution in [0.1, 0.15) is 30.5 Å². The predicted octanol–water partition coefficient (Wildman–Crippen LogP) is 3.13. The SMILES string of the molecule is Fc1cccc(C2(Cn3ccnc3-c3cc4n(n3)CCCNC4)CCOCC2)c1. The van der Waals surface area contributed by atoms with Crippen LogP contribution < -0.4 is 5.32 Å². The number of benzene rings is 1. The molecule has 152 valence electrons. The first-order chi connectivity index (χ1) is 14.2. The predicted molar refractivity (Wildman–Crippen MR) is 108 cm³/mol. The topological polar surface area (TPSA) is 56.9 Å². The molecule has 0 aliphatic carbocycles. The molecule has 0 spiro atoms. The second-order valence-corrected chi connectivity index (χ2v) is 8.06. The van der Waals surface area contributed by atoms with E-state index in [0.717, 1.165) is 62.5 Å². The number of nitrogens with one attached hydrogen (secondary N) is 1. The van der Waals surface area contributed by atoms with Gasteiger partial charge >= 0.3 is 0 Å². The van der Waals surface area contributed by atoms with Gasteiger partial charge in [0.05, 0.1) is 5.69 Å². The molecule has 0 unspecified atom stereocenters. The van der Waals surface area contributed by atoms with E-state index in [9.17, 15) is 4.39 Å². The zero-order valence-corrected chi connectivity index (χ0v) is 16.5. The van der Waals surface area contributed by atoms with Gasteiger partial charge in [-0.15, -0.1) is 0 Å². The fraction of sp³-hybridized carbons (Fsp3) is 0.455. The number of halogens is 1. The van der Waals surface area contributed by atoms with Crippen molar-refractivity contribution >= 4 is 0 Å². The van der Waals surface area contributed by atoms with Crippen molar-refractivity contribution in [2.75, 3.05) is 19.8 Å². The quantitative estimate of drug-likeness (QED) is 0.738. The summed E-state index contributed by atoms with van der Waals surface area (Å²) in [7, 11) is 0. The average molecular weight is 395 g/mol. The lowest BCUT2D eigenvalue weighted by Gasteiger charge is -2.38. The molecule has 29 heavy (non-hydrogen) atoms. The number of ether oxygens (including phenoxy) is 1. The lowest BCUT2D eigenvalue weighted by atomic mass is 9.74. The van der Waals surface area contributed by atoms with Crippen molar-refractivity contribution in [3.63, 3.8) is 0 Å². The minimum Gasteiger partial charge on any atom is -0.381 e. The van der Waals surface area contributed by atoms with Crippen LogP contribution in [0.2, 0.25) is 0 Å². The van der Waals surface area contributed by atoms with Crippen LogP contribution in [0.5, 0.6) is 0 Å². The lowest BCUT2D eigenvalue weighted by Crippen LogP contribution is -2.38. The summed E-state index contributed by atoms with van der Waals surface area (Å²) in [4.78, 5) is 4.62. The van der Waals surface area contributed by atoms with Gasteiger partial charge in [-0.05, 0) is 49.6 Å². The van der Waals surface area contributed by atoms with Gasteiger partial charge in [-0.2, -0.15) is 5.10 Å². The van der Waals surface area contributed by atoms with E-state index in [4.69, 9.17) is 9.84 Å². The van der Waals surface area contributed by atoms with Gasteiger partial charge in [0, 0.05) is 50.7 Å². The molecule has 0 bridgehead atoms. The van der Waals surface area contributed by atoms with Crippen molar-refractivity contribution in [3.05, 3.63) is 59.8 Å². The molecule has 2 aromatic heterocycles. The van der Waals surface area contributed by atoms with Crippen molar-refractivity contribution < 1.29 is 9.13 Å². The largest absolute Gasteiger partial charge is 0.381 e. The maximum absolute atomic E-state index is 14.0. The number of rotatable bonds is 4. The van der Waals surface area contributed by atoms with Crippen LogP contribution in [0.15, 0.2) is 42.7 Å². The van der Waals surface area contributed by atoms with Gasteiger partial charge in [0.25, 0.3) is 0 Å². The summed E-state index contributed by atoms with van der Waals surface area (Å²) in [5.74, 6) is 0.678. The number of imidazole rings is 1. The molecular weight excluding hydrogens is 369 g/mol. The van der Waals surface area contributed by atoms with E-state index < -0.39 is 0 Å². The Morgan fingerprint density at radius 1 is 1.21 bits per heavy atom. The summed E-state index contributed by atoms with van der Waals surface area (Å²) < 4.78 is 23.9. The average Bonchev–Trinajstić information content (AvgIpc) is 3.29. The van der Waals surface area contributed by atoms with Crippen LogP contribution in [0.25, 0.3) is 11.5 Å². The maximum atomic E-state index is 14.0. The summed E-state index contributed by atoms with van der Waals surface area (Å²) in [6, 6.07) is 9.15. The van der Waals surface area contributed by atoms with E-state index in [1.54, 1.807) is 12.1 Å². The molecule has 2 aliphatic rings. The monoisotopic (exact) mass is 395 g/mol. The van der Waals surface area contributed by atoms with E-state index in [2.05, 4.69) is 25.6 Å². The molecule has 2 aliphatic heterocycles. The summed E-state index contributed by atoms with van der Waals surface area (Å²) in [6.45, 7) is 4.88. The Morgan fingerprint density at radius 2 is 2.10 bits per heavy atom. The van der Waals surface area contributed by atoms with Crippen molar-refractivity contribution in [2.45, 2.75) is 44.3 Å². The molecule has 1 aromatic carbocycles. The summed E-state index contributed by atoms with van der Waals surface area (Å²) in [5, 5.41) is 8.26. The molecule has 0 amide bonds. The Balaban J connectivity index is 1.49. The van der Waals surface area contributed by atoms with Gasteiger partial charge in [-0.1, -0.05) is 12.1 Å². The van der Waals surface area contributed by atoms with Gasteiger partial charge in [0.15, 0.2) is 5.82 Å². The summed E-state index contributed by atoms with van der Waals surface area (Å²) >= 11 is 0. The Hall–Kier alpha value is -2.51. The first-order valence-corrected chi connectivity index (χ1v) is 10.4. The molecule has 0 radical (unpaired) electrons. The minimum absolute atomic E-state index is 0.172. The molecule has 1 saturated heterocycles. The first-order valence-electron chi connectivity index (χ1n) is 10.4. The van der Waals surface area contributed by atoms with Crippen LogP contribution in [0.4, 0.5) is 4.39 Å². The molecule has 0 saturated carbocycles. The zero-order valence-electron chi connectivity index (χ0n) is 16.5. The van der Waals surface area contributed by atoms with Crippen LogP contribution in [-0.4, -0.2) is 39.1 Å². The molecule has 3 aromatic rings. The molecule has 0 atom stereocenters. The number of hydrogen-bond acceptors (Lipinski definition) is 4. The van der Waals surface area contributed by atoms with E-state index in [-0.39, 0.29) is 11.2 Å². The van der Waals surface area contributed by atoms with Crippen LogP contribution >= 0.6 is 0 Å². The van der Waals surface area contributed by atoms with Crippen LogP contribution in [-0.2, 0) is 29.8 Å². The van der Waals surface area contributed by atoms with E-state index >= 15 is 0 Å². The number of hydrogen-bond donors (Lipinski definition) is 1. The molecular formula is C22H26FN5O. The minimum atomic E-state index is -0.190. The highest BCUT2D eigenvalue weighted by Crippen LogP contribution is 2.38. The van der Waals surface area contributed by atoms with Crippen LogP contribution in [0.3, 0.4) is 0 Å². The van der Waals surface area contributed by atoms with Crippen molar-refractivity contribution in [3.8, 4) is 11.5 Å². The van der Waals surface area contributed by atoms with Gasteiger partial charge in [0.2, 0.25) is 0 Å². The summed E-state index contributed by atoms with van der Waals surface area (Å²) in [5.41, 5.74) is 2.95. The Bertz CT molecular complexity index is 965. The normalized spacial score (nSPS) is 18.9. The highest BCUT2D eigenvalue weighted by molar-refractivity contribution is 5.50. The standard InChI is InChI=1S/C22H26FN5O/c23-18-4-1-3-17(13-18)22(5-11-29-12-6-22)16-27-10-8-25-21(27)20-14-19-15-24-7-2-9-28(19)26-20/h1,3-4,8,10,13-14,24H,2,5-7,9,11-12,15-16H2. The fourth-order valence-electron chi connectivity index (χ4n) is 4.59. The van der Waals surface area contributed by atoms with E-state index in [1.165, 1.54) is 11.8 Å². The third-order valence-corrected chi connectivity index (χ3v) is 6.20. The van der Waals surface area contributed by atoms with Gasteiger partial charge < -0.3 is 14.6 Å². The lowest BCUT2D eigenvalue weighted by molar-refractivity contribution is 0.0435. The Kier molecular flexibility index (Phi) is 4.93. The first kappa shape index (κ1) is 18.5. The molecule has 4 heterocycles.